The highest BCUT2D eigenvalue weighted by atomic mass is 16.5. The summed E-state index contributed by atoms with van der Waals surface area (Å²) >= 11 is 0. The molecule has 2 N–H and O–H groups in total. The van der Waals surface area contributed by atoms with E-state index in [0.717, 1.165) is 11.4 Å². The van der Waals surface area contributed by atoms with Gasteiger partial charge in [0.1, 0.15) is 5.82 Å². The Balaban J connectivity index is 1.68. The van der Waals surface area contributed by atoms with Crippen LogP contribution >= 0.6 is 0 Å². The van der Waals surface area contributed by atoms with Gasteiger partial charge >= 0.3 is 5.97 Å². The Labute approximate surface area is 169 Å². The van der Waals surface area contributed by atoms with E-state index >= 15 is 0 Å². The highest BCUT2D eigenvalue weighted by Crippen LogP contribution is 2.20. The largest absolute Gasteiger partial charge is 0.465 e. The predicted molar refractivity (Wildman–Crippen MR) is 114 cm³/mol. The summed E-state index contributed by atoms with van der Waals surface area (Å²) < 4.78 is 4.66. The first-order chi connectivity index (χ1) is 14.0. The molecule has 3 rings (SSSR count). The van der Waals surface area contributed by atoms with Crippen LogP contribution in [-0.4, -0.2) is 38.1 Å². The smallest absolute Gasteiger partial charge is 0.337 e. The third-order valence-corrected chi connectivity index (χ3v) is 4.24. The molecule has 7 heteroatoms. The first-order valence-electron chi connectivity index (χ1n) is 8.96. The zero-order chi connectivity index (χ0) is 20.8. The van der Waals surface area contributed by atoms with Crippen LogP contribution in [0.3, 0.4) is 0 Å². The molecule has 0 aliphatic rings. The molecule has 0 fully saturated rings. The highest BCUT2D eigenvalue weighted by molar-refractivity contribution is 6.04. The number of benzene rings is 2. The number of pyridine rings is 1. The summed E-state index contributed by atoms with van der Waals surface area (Å²) in [5, 5.41) is 6.00. The number of aromatic nitrogens is 1. The Bertz CT molecular complexity index is 999. The summed E-state index contributed by atoms with van der Waals surface area (Å²) in [6.45, 7) is 0. The quantitative estimate of drug-likeness (QED) is 0.621. The van der Waals surface area contributed by atoms with Gasteiger partial charge in [-0.15, -0.1) is 0 Å². The second-order valence-corrected chi connectivity index (χ2v) is 6.52. The van der Waals surface area contributed by atoms with Gasteiger partial charge in [0.05, 0.1) is 12.7 Å². The summed E-state index contributed by atoms with van der Waals surface area (Å²) in [6.07, 6.45) is 1.58. The van der Waals surface area contributed by atoms with Gasteiger partial charge in [-0.25, -0.2) is 9.78 Å². The third kappa shape index (κ3) is 5.10. The van der Waals surface area contributed by atoms with Crippen molar-refractivity contribution in [2.75, 3.05) is 36.7 Å². The molecule has 2 aromatic carbocycles. The number of methoxy groups -OCH3 is 1. The predicted octanol–water partition coefficient (Wildman–Crippen LogP) is 3.93. The van der Waals surface area contributed by atoms with Crippen LogP contribution in [0.15, 0.2) is 66.9 Å². The normalized spacial score (nSPS) is 10.2. The molecule has 0 radical (unpaired) electrons. The van der Waals surface area contributed by atoms with Crippen molar-refractivity contribution < 1.29 is 14.3 Å². The number of carbonyl (C=O) groups is 2. The minimum absolute atomic E-state index is 0.274. The number of esters is 1. The average molecular weight is 390 g/mol. The average Bonchev–Trinajstić information content (AvgIpc) is 2.74. The van der Waals surface area contributed by atoms with E-state index in [1.54, 1.807) is 42.6 Å². The molecule has 0 spiro atoms. The van der Waals surface area contributed by atoms with Gasteiger partial charge in [0.15, 0.2) is 0 Å². The monoisotopic (exact) mass is 390 g/mol. The second-order valence-electron chi connectivity index (χ2n) is 6.52. The van der Waals surface area contributed by atoms with E-state index < -0.39 is 5.97 Å². The van der Waals surface area contributed by atoms with Crippen molar-refractivity contribution in [3.63, 3.8) is 0 Å². The molecule has 0 bridgehead atoms. The molecule has 3 aromatic rings. The number of hydrogen-bond donors (Lipinski definition) is 2. The fourth-order valence-corrected chi connectivity index (χ4v) is 2.64. The van der Waals surface area contributed by atoms with Crippen molar-refractivity contribution in [3.05, 3.63) is 78.0 Å². The third-order valence-electron chi connectivity index (χ3n) is 4.24. The molecule has 0 aliphatic heterocycles. The minimum atomic E-state index is -0.425. The second kappa shape index (κ2) is 8.88. The van der Waals surface area contributed by atoms with Crippen LogP contribution in [0.4, 0.5) is 22.9 Å². The van der Waals surface area contributed by atoms with E-state index in [-0.39, 0.29) is 5.91 Å². The van der Waals surface area contributed by atoms with Gasteiger partial charge in [0.2, 0.25) is 0 Å². The summed E-state index contributed by atoms with van der Waals surface area (Å²) in [5.41, 5.74) is 3.42. The van der Waals surface area contributed by atoms with E-state index in [1.807, 2.05) is 43.3 Å². The van der Waals surface area contributed by atoms with Gasteiger partial charge in [-0.05, 0) is 60.7 Å². The van der Waals surface area contributed by atoms with Crippen molar-refractivity contribution in [2.45, 2.75) is 0 Å². The van der Waals surface area contributed by atoms with Gasteiger partial charge in [0, 0.05) is 42.9 Å². The van der Waals surface area contributed by atoms with Crippen LogP contribution in [0.1, 0.15) is 20.7 Å². The minimum Gasteiger partial charge on any atom is -0.465 e. The number of nitrogens with one attached hydrogen (secondary N) is 2. The molecule has 0 atom stereocenters. The zero-order valence-electron chi connectivity index (χ0n) is 16.5. The zero-order valence-corrected chi connectivity index (χ0v) is 16.5. The van der Waals surface area contributed by atoms with Gasteiger partial charge in [0.25, 0.3) is 5.91 Å². The number of rotatable bonds is 6. The maximum atomic E-state index is 12.5. The molecule has 1 heterocycles. The number of carbonyl (C=O) groups excluding carboxylic acids is 2. The SMILES string of the molecule is COC(=O)c1ccc(NC(=O)c2ccnc(Nc3ccc(N(C)C)cc3)c2)cc1. The van der Waals surface area contributed by atoms with Gasteiger partial charge in [-0.3, -0.25) is 4.79 Å². The van der Waals surface area contributed by atoms with E-state index in [0.29, 0.717) is 22.6 Å². The van der Waals surface area contributed by atoms with Crippen molar-refractivity contribution in [1.29, 1.82) is 0 Å². The van der Waals surface area contributed by atoms with Crippen molar-refractivity contribution in [1.82, 2.24) is 4.98 Å². The Morgan fingerprint density at radius 1 is 0.897 bits per heavy atom. The molecule has 0 saturated carbocycles. The van der Waals surface area contributed by atoms with Crippen molar-refractivity contribution in [2.24, 2.45) is 0 Å². The van der Waals surface area contributed by atoms with E-state index in [4.69, 9.17) is 0 Å². The molecule has 29 heavy (non-hydrogen) atoms. The fourth-order valence-electron chi connectivity index (χ4n) is 2.64. The maximum absolute atomic E-state index is 12.5. The lowest BCUT2D eigenvalue weighted by molar-refractivity contribution is 0.0600. The van der Waals surface area contributed by atoms with E-state index in [2.05, 4.69) is 20.4 Å². The fraction of sp³-hybridized carbons (Fsp3) is 0.136. The van der Waals surface area contributed by atoms with Crippen molar-refractivity contribution in [3.8, 4) is 0 Å². The summed E-state index contributed by atoms with van der Waals surface area (Å²) in [4.78, 5) is 30.3. The Kier molecular flexibility index (Phi) is 6.09. The Morgan fingerprint density at radius 3 is 2.17 bits per heavy atom. The van der Waals surface area contributed by atoms with Crippen molar-refractivity contribution >= 4 is 34.8 Å². The van der Waals surface area contributed by atoms with Gasteiger partial charge in [-0.2, -0.15) is 0 Å². The molecule has 1 amide bonds. The molecule has 1 aromatic heterocycles. The van der Waals surface area contributed by atoms with Gasteiger partial charge < -0.3 is 20.3 Å². The number of nitrogens with zero attached hydrogens (tertiary/aromatic N) is 2. The lowest BCUT2D eigenvalue weighted by Crippen LogP contribution is -2.12. The molecule has 7 nitrogen and oxygen atoms in total. The summed E-state index contributed by atoms with van der Waals surface area (Å²) in [7, 11) is 5.29. The lowest BCUT2D eigenvalue weighted by Gasteiger charge is -2.13. The highest BCUT2D eigenvalue weighted by Gasteiger charge is 2.09. The molecule has 0 unspecified atom stereocenters. The van der Waals surface area contributed by atoms with Crippen LogP contribution in [0.2, 0.25) is 0 Å². The molecular formula is C22H22N4O3. The number of amides is 1. The van der Waals surface area contributed by atoms with Crippen LogP contribution in [0, 0.1) is 0 Å². The topological polar surface area (TPSA) is 83.6 Å². The molecule has 0 saturated heterocycles. The molecule has 148 valence electrons. The Hall–Kier alpha value is -3.87. The van der Waals surface area contributed by atoms with Gasteiger partial charge in [-0.1, -0.05) is 0 Å². The van der Waals surface area contributed by atoms with Crippen LogP contribution in [0.5, 0.6) is 0 Å². The number of anilines is 4. The molecule has 0 aliphatic carbocycles. The summed E-state index contributed by atoms with van der Waals surface area (Å²) in [5.74, 6) is -0.133. The summed E-state index contributed by atoms with van der Waals surface area (Å²) in [6, 6.07) is 17.7. The van der Waals surface area contributed by atoms with E-state index in [1.165, 1.54) is 7.11 Å². The molecular weight excluding hydrogens is 368 g/mol. The number of ether oxygens (including phenoxy) is 1. The van der Waals surface area contributed by atoms with Crippen LogP contribution in [-0.2, 0) is 4.74 Å². The first-order valence-corrected chi connectivity index (χ1v) is 8.96. The number of hydrogen-bond acceptors (Lipinski definition) is 6. The van der Waals surface area contributed by atoms with Crippen LogP contribution in [0.25, 0.3) is 0 Å². The first kappa shape index (κ1) is 19.9. The van der Waals surface area contributed by atoms with Crippen LogP contribution < -0.4 is 15.5 Å². The maximum Gasteiger partial charge on any atom is 0.337 e. The Morgan fingerprint density at radius 2 is 1.55 bits per heavy atom. The van der Waals surface area contributed by atoms with E-state index in [9.17, 15) is 9.59 Å². The lowest BCUT2D eigenvalue weighted by atomic mass is 10.2. The standard InChI is InChI=1S/C22H22N4O3/c1-26(2)19-10-8-17(9-11-19)24-20-14-16(12-13-23-20)21(27)25-18-6-4-15(5-7-18)22(28)29-3/h4-14H,1-3H3,(H,23,24)(H,25,27).